The monoisotopic (exact) mass is 410 g/mol. The number of anilines is 2. The smallest absolute Gasteiger partial charge is 0.319 e. The molecule has 29 heavy (non-hydrogen) atoms. The number of amides is 3. The quantitative estimate of drug-likeness (QED) is 0.478. The van der Waals surface area contributed by atoms with Crippen molar-refractivity contribution in [1.82, 2.24) is 20.6 Å². The maximum atomic E-state index is 12.1. The van der Waals surface area contributed by atoms with Gasteiger partial charge in [0.2, 0.25) is 0 Å². The first kappa shape index (κ1) is 20.3. The Labute approximate surface area is 172 Å². The predicted molar refractivity (Wildman–Crippen MR) is 115 cm³/mol. The van der Waals surface area contributed by atoms with Crippen molar-refractivity contribution in [2.75, 3.05) is 24.2 Å². The summed E-state index contributed by atoms with van der Waals surface area (Å²) in [6.45, 7) is 3.02. The average molecular weight is 411 g/mol. The van der Waals surface area contributed by atoms with Crippen molar-refractivity contribution >= 4 is 34.8 Å². The van der Waals surface area contributed by atoms with Gasteiger partial charge in [-0.1, -0.05) is 6.07 Å². The van der Waals surface area contributed by atoms with Gasteiger partial charge in [-0.15, -0.1) is 11.3 Å². The first-order chi connectivity index (χ1) is 14.1. The van der Waals surface area contributed by atoms with Gasteiger partial charge in [-0.3, -0.25) is 9.78 Å². The Balaban J connectivity index is 1.65. The topological polar surface area (TPSA) is 108 Å². The Morgan fingerprint density at radius 3 is 2.59 bits per heavy atom. The van der Waals surface area contributed by atoms with E-state index in [-0.39, 0.29) is 11.9 Å². The van der Waals surface area contributed by atoms with E-state index in [9.17, 15) is 9.59 Å². The average Bonchev–Trinajstić information content (AvgIpc) is 3.17. The van der Waals surface area contributed by atoms with Gasteiger partial charge >= 0.3 is 6.03 Å². The molecule has 2 heterocycles. The van der Waals surface area contributed by atoms with Gasteiger partial charge in [0.05, 0.1) is 0 Å². The van der Waals surface area contributed by atoms with Gasteiger partial charge in [0.1, 0.15) is 9.88 Å². The molecule has 8 nitrogen and oxygen atoms in total. The fourth-order valence-corrected chi connectivity index (χ4v) is 3.55. The Morgan fingerprint density at radius 2 is 1.93 bits per heavy atom. The molecule has 9 heteroatoms. The van der Waals surface area contributed by atoms with E-state index in [1.807, 2.05) is 31.2 Å². The molecule has 1 aromatic carbocycles. The third-order valence-electron chi connectivity index (χ3n) is 3.97. The number of thiazole rings is 1. The van der Waals surface area contributed by atoms with Crippen molar-refractivity contribution in [2.45, 2.75) is 13.5 Å². The molecular weight excluding hydrogens is 388 g/mol. The second-order valence-corrected chi connectivity index (χ2v) is 7.05. The standard InChI is InChI=1S/C20H22N6O2S/c1-3-23-17-16(18(27)21-2)29-19(26-17)14-6-8-15(9-7-14)25-20(28)24-12-13-5-4-10-22-11-13/h4-11,23H,3,12H2,1-2H3,(H,21,27)(H2,24,25,28). The number of pyridine rings is 1. The fraction of sp³-hybridized carbons (Fsp3) is 0.200. The molecule has 4 N–H and O–H groups in total. The van der Waals surface area contributed by atoms with Crippen LogP contribution in [0.3, 0.4) is 0 Å². The summed E-state index contributed by atoms with van der Waals surface area (Å²) in [5, 5.41) is 12.1. The van der Waals surface area contributed by atoms with E-state index in [2.05, 4.69) is 31.2 Å². The minimum atomic E-state index is -0.299. The molecule has 0 aliphatic heterocycles. The highest BCUT2D eigenvalue weighted by molar-refractivity contribution is 7.17. The lowest BCUT2D eigenvalue weighted by atomic mass is 10.2. The van der Waals surface area contributed by atoms with Crippen molar-refractivity contribution in [3.05, 3.63) is 59.2 Å². The van der Waals surface area contributed by atoms with Crippen LogP contribution in [0, 0.1) is 0 Å². The second kappa shape index (κ2) is 9.65. The summed E-state index contributed by atoms with van der Waals surface area (Å²) in [4.78, 5) is 33.2. The first-order valence-corrected chi connectivity index (χ1v) is 9.93. The van der Waals surface area contributed by atoms with Gasteiger partial charge in [-0.2, -0.15) is 0 Å². The van der Waals surface area contributed by atoms with Crippen LogP contribution in [0.15, 0.2) is 48.8 Å². The van der Waals surface area contributed by atoms with Gasteiger partial charge in [-0.25, -0.2) is 9.78 Å². The number of urea groups is 1. The Morgan fingerprint density at radius 1 is 1.14 bits per heavy atom. The minimum Gasteiger partial charge on any atom is -0.369 e. The molecule has 0 fully saturated rings. The molecule has 0 atom stereocenters. The van der Waals surface area contributed by atoms with Gasteiger partial charge in [0.25, 0.3) is 5.91 Å². The maximum Gasteiger partial charge on any atom is 0.319 e. The molecular formula is C20H22N6O2S. The summed E-state index contributed by atoms with van der Waals surface area (Å²) in [6, 6.07) is 10.7. The van der Waals surface area contributed by atoms with Gasteiger partial charge in [-0.05, 0) is 42.8 Å². The van der Waals surface area contributed by atoms with Crippen LogP contribution in [0.25, 0.3) is 10.6 Å². The van der Waals surface area contributed by atoms with Crippen LogP contribution >= 0.6 is 11.3 Å². The minimum absolute atomic E-state index is 0.173. The highest BCUT2D eigenvalue weighted by atomic mass is 32.1. The number of benzene rings is 1. The Bertz CT molecular complexity index is 972. The zero-order chi connectivity index (χ0) is 20.6. The van der Waals surface area contributed by atoms with Crippen LogP contribution in [0.1, 0.15) is 22.2 Å². The number of nitrogens with zero attached hydrogens (tertiary/aromatic N) is 2. The maximum absolute atomic E-state index is 12.1. The zero-order valence-corrected chi connectivity index (χ0v) is 17.0. The number of carbonyl (C=O) groups excluding carboxylic acids is 2. The number of hydrogen-bond acceptors (Lipinski definition) is 6. The number of aromatic nitrogens is 2. The largest absolute Gasteiger partial charge is 0.369 e. The van der Waals surface area contributed by atoms with Crippen LogP contribution < -0.4 is 21.3 Å². The van der Waals surface area contributed by atoms with E-state index in [0.717, 1.165) is 16.1 Å². The van der Waals surface area contributed by atoms with E-state index in [1.165, 1.54) is 11.3 Å². The number of rotatable bonds is 7. The number of hydrogen-bond donors (Lipinski definition) is 4. The lowest BCUT2D eigenvalue weighted by Crippen LogP contribution is -2.28. The first-order valence-electron chi connectivity index (χ1n) is 9.11. The van der Waals surface area contributed by atoms with E-state index in [0.29, 0.717) is 29.5 Å². The molecule has 0 aliphatic carbocycles. The van der Waals surface area contributed by atoms with Crippen molar-refractivity contribution < 1.29 is 9.59 Å². The SMILES string of the molecule is CCNc1nc(-c2ccc(NC(=O)NCc3cccnc3)cc2)sc1C(=O)NC. The van der Waals surface area contributed by atoms with E-state index in [1.54, 1.807) is 31.6 Å². The third kappa shape index (κ3) is 5.29. The van der Waals surface area contributed by atoms with E-state index in [4.69, 9.17) is 0 Å². The Hall–Kier alpha value is -3.46. The molecule has 0 spiro atoms. The van der Waals surface area contributed by atoms with Crippen LogP contribution in [0.5, 0.6) is 0 Å². The highest BCUT2D eigenvalue weighted by Gasteiger charge is 2.17. The Kier molecular flexibility index (Phi) is 6.75. The van der Waals surface area contributed by atoms with Gasteiger partial charge < -0.3 is 21.3 Å². The van der Waals surface area contributed by atoms with Crippen molar-refractivity contribution in [3.63, 3.8) is 0 Å². The summed E-state index contributed by atoms with van der Waals surface area (Å²) in [7, 11) is 1.59. The molecule has 0 unspecified atom stereocenters. The molecule has 0 aliphatic rings. The third-order valence-corrected chi connectivity index (χ3v) is 5.07. The van der Waals surface area contributed by atoms with Crippen molar-refractivity contribution in [2.24, 2.45) is 0 Å². The van der Waals surface area contributed by atoms with Crippen LogP contribution in [0.4, 0.5) is 16.3 Å². The molecule has 2 aromatic heterocycles. The van der Waals surface area contributed by atoms with Crippen LogP contribution in [0.2, 0.25) is 0 Å². The van der Waals surface area contributed by atoms with Crippen molar-refractivity contribution in [3.8, 4) is 10.6 Å². The van der Waals surface area contributed by atoms with Crippen LogP contribution in [-0.2, 0) is 6.54 Å². The zero-order valence-electron chi connectivity index (χ0n) is 16.2. The molecule has 0 saturated heterocycles. The number of nitrogens with one attached hydrogen (secondary N) is 4. The van der Waals surface area contributed by atoms with E-state index >= 15 is 0 Å². The van der Waals surface area contributed by atoms with E-state index < -0.39 is 0 Å². The summed E-state index contributed by atoms with van der Waals surface area (Å²) in [5.74, 6) is 0.400. The molecule has 0 radical (unpaired) electrons. The lowest BCUT2D eigenvalue weighted by Gasteiger charge is -2.08. The van der Waals surface area contributed by atoms with Crippen LogP contribution in [-0.4, -0.2) is 35.5 Å². The highest BCUT2D eigenvalue weighted by Crippen LogP contribution is 2.31. The summed E-state index contributed by atoms with van der Waals surface area (Å²) in [6.07, 6.45) is 3.39. The molecule has 0 bridgehead atoms. The summed E-state index contributed by atoms with van der Waals surface area (Å²) >= 11 is 1.32. The summed E-state index contributed by atoms with van der Waals surface area (Å²) in [5.41, 5.74) is 2.45. The molecule has 3 aromatic rings. The summed E-state index contributed by atoms with van der Waals surface area (Å²) < 4.78 is 0. The van der Waals surface area contributed by atoms with Gasteiger partial charge in [0.15, 0.2) is 5.82 Å². The molecule has 3 amide bonds. The fourth-order valence-electron chi connectivity index (χ4n) is 2.55. The lowest BCUT2D eigenvalue weighted by molar-refractivity contribution is 0.0967. The molecule has 3 rings (SSSR count). The molecule has 150 valence electrons. The van der Waals surface area contributed by atoms with Crippen molar-refractivity contribution in [1.29, 1.82) is 0 Å². The second-order valence-electron chi connectivity index (χ2n) is 6.05. The number of carbonyl (C=O) groups is 2. The predicted octanol–water partition coefficient (Wildman–Crippen LogP) is 3.32. The normalized spacial score (nSPS) is 10.3. The van der Waals surface area contributed by atoms with Gasteiger partial charge in [0, 0.05) is 43.8 Å². The molecule has 0 saturated carbocycles.